The van der Waals surface area contributed by atoms with Crippen molar-refractivity contribution in [3.8, 4) is 5.75 Å². The Kier molecular flexibility index (Phi) is 7.61. The van der Waals surface area contributed by atoms with Gasteiger partial charge in [0.05, 0.1) is 12.2 Å². The highest BCUT2D eigenvalue weighted by Gasteiger charge is 2.32. The lowest BCUT2D eigenvalue weighted by Crippen LogP contribution is -2.24. The van der Waals surface area contributed by atoms with E-state index in [1.807, 2.05) is 0 Å². The summed E-state index contributed by atoms with van der Waals surface area (Å²) in [4.78, 5) is 4.06. The van der Waals surface area contributed by atoms with Gasteiger partial charge in [0.2, 0.25) is 0 Å². The minimum absolute atomic E-state index is 0. The van der Waals surface area contributed by atoms with Crippen molar-refractivity contribution in [2.24, 2.45) is 10.7 Å². The summed E-state index contributed by atoms with van der Waals surface area (Å²) in [5.74, 6) is -0.414. The lowest BCUT2D eigenvalue weighted by atomic mass is 10.2. The first-order valence-electron chi connectivity index (χ1n) is 6.49. The van der Waals surface area contributed by atoms with Gasteiger partial charge in [-0.15, -0.1) is 37.1 Å². The normalized spacial score (nSPS) is 11.6. The smallest absolute Gasteiger partial charge is 0.404 e. The first-order chi connectivity index (χ1) is 10.8. The Morgan fingerprint density at radius 3 is 2.38 bits per heavy atom. The molecule has 0 unspecified atom stereocenters. The summed E-state index contributed by atoms with van der Waals surface area (Å²) in [6.07, 6.45) is -4.78. The quantitative estimate of drug-likeness (QED) is 0.383. The van der Waals surface area contributed by atoms with E-state index in [1.54, 1.807) is 30.3 Å². The number of nitrogens with zero attached hydrogens (tertiary/aromatic N) is 1. The Bertz CT molecular complexity index is 693. The molecule has 0 fully saturated rings. The van der Waals surface area contributed by atoms with E-state index in [4.69, 9.17) is 17.3 Å². The molecule has 0 aliphatic carbocycles. The number of nitrogens with one attached hydrogen (secondary N) is 1. The summed E-state index contributed by atoms with van der Waals surface area (Å²) in [6, 6.07) is 12.5. The molecule has 0 heterocycles. The number of aliphatic imine (C=N–C) groups is 1. The molecule has 24 heavy (non-hydrogen) atoms. The predicted octanol–water partition coefficient (Wildman–Crippen LogP) is 4.78. The van der Waals surface area contributed by atoms with Crippen LogP contribution in [-0.2, 0) is 6.54 Å². The van der Waals surface area contributed by atoms with Crippen LogP contribution in [0.1, 0.15) is 5.56 Å². The Morgan fingerprint density at radius 2 is 1.75 bits per heavy atom. The van der Waals surface area contributed by atoms with Crippen LogP contribution >= 0.6 is 35.6 Å². The number of guanidine groups is 1. The van der Waals surface area contributed by atoms with E-state index < -0.39 is 6.36 Å². The molecule has 0 aromatic heterocycles. The van der Waals surface area contributed by atoms with Crippen LogP contribution in [0.15, 0.2) is 53.5 Å². The van der Waals surface area contributed by atoms with E-state index >= 15 is 0 Å². The summed E-state index contributed by atoms with van der Waals surface area (Å²) < 4.78 is 40.9. The zero-order chi connectivity index (χ0) is 16.9. The average Bonchev–Trinajstić information content (AvgIpc) is 2.47. The first kappa shape index (κ1) is 20.4. The summed E-state index contributed by atoms with van der Waals surface area (Å²) >= 11 is 5.77. The van der Waals surface area contributed by atoms with Gasteiger partial charge < -0.3 is 15.8 Å². The van der Waals surface area contributed by atoms with Gasteiger partial charge in [-0.25, -0.2) is 4.99 Å². The van der Waals surface area contributed by atoms with Gasteiger partial charge >= 0.3 is 6.36 Å². The predicted molar refractivity (Wildman–Crippen MR) is 98.9 cm³/mol. The van der Waals surface area contributed by atoms with Gasteiger partial charge in [0.15, 0.2) is 11.7 Å². The van der Waals surface area contributed by atoms with Crippen molar-refractivity contribution in [1.82, 2.24) is 0 Å². The SMILES string of the molecule is I.NC(=NCc1ccc(Cl)cc1)Nc1ccccc1OC(F)(F)F. The number of rotatable bonds is 4. The number of hydrogen-bond donors (Lipinski definition) is 2. The molecule has 3 N–H and O–H groups in total. The Balaban J connectivity index is 0.00000288. The second kappa shape index (κ2) is 8.97. The van der Waals surface area contributed by atoms with E-state index in [9.17, 15) is 13.2 Å². The second-order valence-electron chi connectivity index (χ2n) is 4.50. The summed E-state index contributed by atoms with van der Waals surface area (Å²) in [5, 5.41) is 3.19. The number of alkyl halides is 3. The van der Waals surface area contributed by atoms with E-state index in [-0.39, 0.29) is 47.9 Å². The molecule has 4 nitrogen and oxygen atoms in total. The van der Waals surface area contributed by atoms with Gasteiger partial charge in [0.1, 0.15) is 0 Å². The molecule has 130 valence electrons. The van der Waals surface area contributed by atoms with Gasteiger partial charge in [-0.2, -0.15) is 0 Å². The topological polar surface area (TPSA) is 59.6 Å². The second-order valence-corrected chi connectivity index (χ2v) is 4.93. The minimum atomic E-state index is -4.78. The Hall–Kier alpha value is -1.68. The molecule has 0 aliphatic heterocycles. The van der Waals surface area contributed by atoms with Crippen LogP contribution in [-0.4, -0.2) is 12.3 Å². The Morgan fingerprint density at radius 1 is 1.12 bits per heavy atom. The number of halogens is 5. The molecule has 0 amide bonds. The van der Waals surface area contributed by atoms with Crippen LogP contribution in [0.3, 0.4) is 0 Å². The van der Waals surface area contributed by atoms with Crippen molar-refractivity contribution in [2.75, 3.05) is 5.32 Å². The molecular formula is C15H14ClF3IN3O. The van der Waals surface area contributed by atoms with Crippen LogP contribution in [0.25, 0.3) is 0 Å². The van der Waals surface area contributed by atoms with Crippen molar-refractivity contribution in [3.05, 3.63) is 59.1 Å². The highest BCUT2D eigenvalue weighted by atomic mass is 127. The van der Waals surface area contributed by atoms with Crippen LogP contribution in [0.5, 0.6) is 5.75 Å². The number of benzene rings is 2. The fourth-order valence-electron chi connectivity index (χ4n) is 1.73. The molecule has 2 aromatic carbocycles. The maximum Gasteiger partial charge on any atom is 0.573 e. The molecule has 2 rings (SSSR count). The fraction of sp³-hybridized carbons (Fsp3) is 0.133. The van der Waals surface area contributed by atoms with Gasteiger partial charge in [0.25, 0.3) is 0 Å². The third kappa shape index (κ3) is 6.83. The zero-order valence-corrected chi connectivity index (χ0v) is 15.3. The average molecular weight is 472 g/mol. The third-order valence-electron chi connectivity index (χ3n) is 2.72. The van der Waals surface area contributed by atoms with E-state index in [1.165, 1.54) is 18.2 Å². The maximum absolute atomic E-state index is 12.3. The van der Waals surface area contributed by atoms with Crippen molar-refractivity contribution >= 4 is 47.2 Å². The zero-order valence-electron chi connectivity index (χ0n) is 12.2. The van der Waals surface area contributed by atoms with Gasteiger partial charge in [-0.1, -0.05) is 35.9 Å². The number of para-hydroxylation sites is 2. The van der Waals surface area contributed by atoms with Gasteiger partial charge in [-0.05, 0) is 29.8 Å². The molecule has 0 aliphatic rings. The van der Waals surface area contributed by atoms with Crippen molar-refractivity contribution < 1.29 is 17.9 Å². The fourth-order valence-corrected chi connectivity index (χ4v) is 1.85. The van der Waals surface area contributed by atoms with Crippen LogP contribution in [0, 0.1) is 0 Å². The van der Waals surface area contributed by atoms with Crippen LogP contribution in [0.4, 0.5) is 18.9 Å². The number of ether oxygens (including phenoxy) is 1. The van der Waals surface area contributed by atoms with Gasteiger partial charge in [0, 0.05) is 5.02 Å². The molecule has 2 aromatic rings. The molecule has 0 atom stereocenters. The third-order valence-corrected chi connectivity index (χ3v) is 2.97. The number of nitrogens with two attached hydrogens (primary N) is 1. The van der Waals surface area contributed by atoms with Crippen molar-refractivity contribution in [2.45, 2.75) is 12.9 Å². The van der Waals surface area contributed by atoms with E-state index in [0.29, 0.717) is 5.02 Å². The van der Waals surface area contributed by atoms with Gasteiger partial charge in [-0.3, -0.25) is 0 Å². The monoisotopic (exact) mass is 471 g/mol. The number of anilines is 1. The van der Waals surface area contributed by atoms with E-state index in [0.717, 1.165) is 5.56 Å². The highest BCUT2D eigenvalue weighted by Crippen LogP contribution is 2.29. The largest absolute Gasteiger partial charge is 0.573 e. The van der Waals surface area contributed by atoms with Crippen molar-refractivity contribution in [3.63, 3.8) is 0 Å². The standard InChI is InChI=1S/C15H13ClF3N3O.HI/c16-11-7-5-10(6-8-11)9-21-14(20)22-12-3-1-2-4-13(12)23-15(17,18)19;/h1-8H,9H2,(H3,20,21,22);1H. The molecule has 0 radical (unpaired) electrons. The van der Waals surface area contributed by atoms with Crippen molar-refractivity contribution in [1.29, 1.82) is 0 Å². The lowest BCUT2D eigenvalue weighted by Gasteiger charge is -2.14. The van der Waals surface area contributed by atoms with E-state index in [2.05, 4.69) is 15.0 Å². The van der Waals surface area contributed by atoms with Crippen LogP contribution < -0.4 is 15.8 Å². The molecule has 0 saturated heterocycles. The minimum Gasteiger partial charge on any atom is -0.404 e. The molecule has 0 spiro atoms. The number of hydrogen-bond acceptors (Lipinski definition) is 2. The summed E-state index contributed by atoms with van der Waals surface area (Å²) in [6.45, 7) is 0.262. The lowest BCUT2D eigenvalue weighted by molar-refractivity contribution is -0.274. The first-order valence-corrected chi connectivity index (χ1v) is 6.87. The molecular weight excluding hydrogens is 458 g/mol. The molecule has 9 heteroatoms. The summed E-state index contributed by atoms with van der Waals surface area (Å²) in [5.41, 5.74) is 6.62. The molecule has 0 bridgehead atoms. The summed E-state index contributed by atoms with van der Waals surface area (Å²) in [7, 11) is 0. The maximum atomic E-state index is 12.3. The Labute approximate surface area is 158 Å². The van der Waals surface area contributed by atoms with Crippen LogP contribution in [0.2, 0.25) is 5.02 Å². The highest BCUT2D eigenvalue weighted by molar-refractivity contribution is 14.0. The molecule has 0 saturated carbocycles.